The Labute approximate surface area is 127 Å². The Morgan fingerprint density at radius 3 is 2.26 bits per heavy atom. The molecule has 3 nitrogen and oxygen atoms in total. The van der Waals surface area contributed by atoms with E-state index in [9.17, 15) is 9.59 Å². The number of imide groups is 1. The highest BCUT2D eigenvalue weighted by molar-refractivity contribution is 14.1. The number of hydrogen-bond donors (Lipinski definition) is 1. The van der Waals surface area contributed by atoms with Gasteiger partial charge in [0.2, 0.25) is 11.8 Å². The molecule has 2 amide bonds. The summed E-state index contributed by atoms with van der Waals surface area (Å²) in [5, 5.41) is 2.48. The van der Waals surface area contributed by atoms with E-state index in [1.807, 2.05) is 18.2 Å². The van der Waals surface area contributed by atoms with E-state index in [0.29, 0.717) is 0 Å². The predicted molar refractivity (Wildman–Crippen MR) is 83.0 cm³/mol. The first-order valence-electron chi connectivity index (χ1n) is 6.67. The van der Waals surface area contributed by atoms with E-state index in [0.717, 1.165) is 30.1 Å². The molecule has 1 aliphatic rings. The van der Waals surface area contributed by atoms with Crippen molar-refractivity contribution in [1.82, 2.24) is 5.32 Å². The predicted octanol–water partition coefficient (Wildman–Crippen LogP) is 2.72. The molecule has 1 aromatic carbocycles. The van der Waals surface area contributed by atoms with Crippen LogP contribution in [0.15, 0.2) is 30.3 Å². The molecule has 2 atom stereocenters. The molecule has 4 heteroatoms. The van der Waals surface area contributed by atoms with Crippen LogP contribution < -0.4 is 5.32 Å². The molecule has 0 aromatic heterocycles. The highest BCUT2D eigenvalue weighted by atomic mass is 127. The first-order chi connectivity index (χ1) is 9.22. The number of amides is 2. The Hall–Kier alpha value is -0.910. The van der Waals surface area contributed by atoms with Gasteiger partial charge in [-0.1, -0.05) is 52.9 Å². The van der Waals surface area contributed by atoms with Gasteiger partial charge in [-0.15, -0.1) is 0 Å². The van der Waals surface area contributed by atoms with Crippen molar-refractivity contribution in [2.24, 2.45) is 11.8 Å². The maximum absolute atomic E-state index is 11.8. The molecule has 1 aliphatic heterocycles. The zero-order chi connectivity index (χ0) is 13.7. The highest BCUT2D eigenvalue weighted by Gasteiger charge is 2.40. The molecule has 1 heterocycles. The quantitative estimate of drug-likeness (QED) is 0.475. The molecule has 0 unspecified atom stereocenters. The molecule has 0 aliphatic carbocycles. The largest absolute Gasteiger partial charge is 0.296 e. The molecule has 1 N–H and O–H groups in total. The summed E-state index contributed by atoms with van der Waals surface area (Å²) in [4.78, 5) is 23.6. The third kappa shape index (κ3) is 3.78. The second kappa shape index (κ2) is 7.03. The average Bonchev–Trinajstić information content (AvgIpc) is 2.69. The number of nitrogens with one attached hydrogen (secondary N) is 1. The maximum Gasteiger partial charge on any atom is 0.230 e. The zero-order valence-electron chi connectivity index (χ0n) is 10.8. The molecule has 2 rings (SSSR count). The lowest BCUT2D eigenvalue weighted by atomic mass is 9.86. The summed E-state index contributed by atoms with van der Waals surface area (Å²) < 4.78 is 1.03. The summed E-state index contributed by atoms with van der Waals surface area (Å²) >= 11 is 2.31. The van der Waals surface area contributed by atoms with Crippen LogP contribution in [0.5, 0.6) is 0 Å². The second-order valence-corrected chi connectivity index (χ2v) is 6.00. The molecule has 0 radical (unpaired) electrons. The summed E-state index contributed by atoms with van der Waals surface area (Å²) in [6.07, 6.45) is 3.42. The van der Waals surface area contributed by atoms with Crippen molar-refractivity contribution in [3.05, 3.63) is 35.9 Å². The van der Waals surface area contributed by atoms with Gasteiger partial charge in [0, 0.05) is 5.92 Å². The van der Waals surface area contributed by atoms with Crippen molar-refractivity contribution >= 4 is 34.4 Å². The van der Waals surface area contributed by atoms with Crippen molar-refractivity contribution < 1.29 is 9.59 Å². The molecule has 0 spiro atoms. The molecule has 19 heavy (non-hydrogen) atoms. The number of hydrogen-bond acceptors (Lipinski definition) is 2. The number of halogens is 1. The smallest absolute Gasteiger partial charge is 0.230 e. The van der Waals surface area contributed by atoms with Gasteiger partial charge in [0.1, 0.15) is 0 Å². The summed E-state index contributed by atoms with van der Waals surface area (Å²) in [6, 6.07) is 10.1. The van der Waals surface area contributed by atoms with E-state index >= 15 is 0 Å². The number of rotatable bonds is 6. The van der Waals surface area contributed by atoms with Gasteiger partial charge in [0.15, 0.2) is 0 Å². The fourth-order valence-electron chi connectivity index (χ4n) is 2.60. The number of carbonyl (C=O) groups is 2. The molecule has 1 aromatic rings. The van der Waals surface area contributed by atoms with Crippen LogP contribution in [0.1, 0.15) is 24.8 Å². The van der Waals surface area contributed by atoms with Crippen LogP contribution in [-0.4, -0.2) is 16.2 Å². The number of benzene rings is 1. The van der Waals surface area contributed by atoms with E-state index in [-0.39, 0.29) is 23.7 Å². The third-order valence-electron chi connectivity index (χ3n) is 3.64. The minimum Gasteiger partial charge on any atom is -0.296 e. The Kier molecular flexibility index (Phi) is 5.36. The fourth-order valence-corrected chi connectivity index (χ4v) is 3.04. The van der Waals surface area contributed by atoms with Gasteiger partial charge in [-0.2, -0.15) is 0 Å². The van der Waals surface area contributed by atoms with Crippen LogP contribution in [-0.2, 0) is 16.0 Å². The van der Waals surface area contributed by atoms with Crippen LogP contribution >= 0.6 is 22.6 Å². The molecular weight excluding hydrogens is 353 g/mol. The number of carbonyl (C=O) groups excluding carboxylic acids is 2. The molecule has 0 bridgehead atoms. The average molecular weight is 371 g/mol. The lowest BCUT2D eigenvalue weighted by Crippen LogP contribution is -2.22. The van der Waals surface area contributed by atoms with Gasteiger partial charge in [0.25, 0.3) is 0 Å². The fraction of sp³-hybridized carbons (Fsp3) is 0.467. The van der Waals surface area contributed by atoms with Crippen molar-refractivity contribution in [1.29, 1.82) is 0 Å². The number of alkyl halides is 1. The molecule has 102 valence electrons. The topological polar surface area (TPSA) is 46.2 Å². The van der Waals surface area contributed by atoms with E-state index < -0.39 is 0 Å². The van der Waals surface area contributed by atoms with E-state index in [2.05, 4.69) is 40.0 Å². The Morgan fingerprint density at radius 1 is 1.00 bits per heavy atom. The number of aryl methyl sites for hydroxylation is 1. The minimum atomic E-state index is -0.143. The SMILES string of the molecule is O=C1NC(=O)[C@@H](CCc2ccccc2)[C@@H]1CCCI. The van der Waals surface area contributed by atoms with Crippen molar-refractivity contribution in [3.8, 4) is 0 Å². The van der Waals surface area contributed by atoms with Crippen LogP contribution in [0, 0.1) is 11.8 Å². The monoisotopic (exact) mass is 371 g/mol. The molecular formula is C15H18INO2. The Morgan fingerprint density at radius 2 is 1.63 bits per heavy atom. The van der Waals surface area contributed by atoms with E-state index in [1.54, 1.807) is 0 Å². The third-order valence-corrected chi connectivity index (χ3v) is 4.40. The van der Waals surface area contributed by atoms with Gasteiger partial charge in [-0.25, -0.2) is 0 Å². The van der Waals surface area contributed by atoms with Gasteiger partial charge in [-0.05, 0) is 35.7 Å². The first-order valence-corrected chi connectivity index (χ1v) is 8.19. The van der Waals surface area contributed by atoms with Crippen molar-refractivity contribution in [2.45, 2.75) is 25.7 Å². The highest BCUT2D eigenvalue weighted by Crippen LogP contribution is 2.28. The van der Waals surface area contributed by atoms with Gasteiger partial charge < -0.3 is 0 Å². The molecule has 0 saturated carbocycles. The second-order valence-electron chi connectivity index (χ2n) is 4.92. The first kappa shape index (κ1) is 14.5. The van der Waals surface area contributed by atoms with Crippen LogP contribution in [0.2, 0.25) is 0 Å². The van der Waals surface area contributed by atoms with E-state index in [4.69, 9.17) is 0 Å². The van der Waals surface area contributed by atoms with Gasteiger partial charge in [-0.3, -0.25) is 14.9 Å². The van der Waals surface area contributed by atoms with E-state index in [1.165, 1.54) is 5.56 Å². The summed E-state index contributed by atoms with van der Waals surface area (Å²) in [5.41, 5.74) is 1.22. The standard InChI is InChI=1S/C15H18INO2/c16-10-4-7-12-13(15(19)17-14(12)18)9-8-11-5-2-1-3-6-11/h1-3,5-6,12-13H,4,7-10H2,(H,17,18,19)/t12-,13-/m0/s1. The summed E-state index contributed by atoms with van der Waals surface area (Å²) in [6.45, 7) is 0. The Bertz CT molecular complexity index is 447. The van der Waals surface area contributed by atoms with Crippen molar-refractivity contribution in [3.63, 3.8) is 0 Å². The lowest BCUT2D eigenvalue weighted by molar-refractivity contribution is -0.126. The lowest BCUT2D eigenvalue weighted by Gasteiger charge is -2.14. The van der Waals surface area contributed by atoms with Crippen LogP contribution in [0.3, 0.4) is 0 Å². The Balaban J connectivity index is 1.96. The maximum atomic E-state index is 11.8. The normalized spacial score (nSPS) is 22.6. The van der Waals surface area contributed by atoms with Crippen LogP contribution in [0.25, 0.3) is 0 Å². The van der Waals surface area contributed by atoms with Crippen LogP contribution in [0.4, 0.5) is 0 Å². The summed E-state index contributed by atoms with van der Waals surface area (Å²) in [5.74, 6) is -0.422. The zero-order valence-corrected chi connectivity index (χ0v) is 12.9. The summed E-state index contributed by atoms with van der Waals surface area (Å²) in [7, 11) is 0. The molecule has 1 saturated heterocycles. The van der Waals surface area contributed by atoms with Gasteiger partial charge >= 0.3 is 0 Å². The minimum absolute atomic E-state index is 0.0760. The molecule has 1 fully saturated rings. The van der Waals surface area contributed by atoms with Crippen molar-refractivity contribution in [2.75, 3.05) is 4.43 Å². The van der Waals surface area contributed by atoms with Gasteiger partial charge in [0.05, 0.1) is 5.92 Å².